The monoisotopic (exact) mass is 204 g/mol. The van der Waals surface area contributed by atoms with Crippen molar-refractivity contribution in [3.8, 4) is 0 Å². The molecule has 0 radical (unpaired) electrons. The molecule has 0 fully saturated rings. The molecule has 0 spiro atoms. The first-order valence-electron chi connectivity index (χ1n) is 4.08. The van der Waals surface area contributed by atoms with Crippen LogP contribution in [0, 0.1) is 0 Å². The fourth-order valence-electron chi connectivity index (χ4n) is 0.852. The quantitative estimate of drug-likeness (QED) is 0.327. The average Bonchev–Trinajstić information content (AvgIpc) is 1.96. The molecule has 0 aliphatic heterocycles. The van der Waals surface area contributed by atoms with Crippen LogP contribution in [0.5, 0.6) is 0 Å². The summed E-state index contributed by atoms with van der Waals surface area (Å²) in [6.45, 7) is 2.64. The van der Waals surface area contributed by atoms with Crippen molar-refractivity contribution >= 4 is 8.60 Å². The second-order valence-corrected chi connectivity index (χ2v) is 3.26. The van der Waals surface area contributed by atoms with E-state index in [1.165, 1.54) is 19.3 Å². The van der Waals surface area contributed by atoms with E-state index in [-0.39, 0.29) is 31.0 Å². The second-order valence-electron chi connectivity index (χ2n) is 2.50. The van der Waals surface area contributed by atoms with Gasteiger partial charge in [-0.15, -0.1) is 0 Å². The van der Waals surface area contributed by atoms with Crippen LogP contribution in [-0.4, -0.2) is 16.4 Å². The van der Waals surface area contributed by atoms with Crippen molar-refractivity contribution in [1.29, 1.82) is 0 Å². The first-order valence-corrected chi connectivity index (χ1v) is 5.24. The molecule has 0 unspecified atom stereocenters. The van der Waals surface area contributed by atoms with Gasteiger partial charge < -0.3 is 15.7 Å². The van der Waals surface area contributed by atoms with Crippen molar-refractivity contribution in [2.24, 2.45) is 0 Å². The van der Waals surface area contributed by atoms with Crippen LogP contribution < -0.4 is 29.6 Å². The van der Waals surface area contributed by atoms with Crippen LogP contribution in [0.15, 0.2) is 0 Å². The molecule has 70 valence electrons. The third-order valence-corrected chi connectivity index (χ3v) is 1.87. The normalized spacial score (nSPS) is 10.0. The number of unbranched alkanes of at least 4 members (excludes halogenated alkanes) is 4. The summed E-state index contributed by atoms with van der Waals surface area (Å²) in [4.78, 5) is 16.7. The van der Waals surface area contributed by atoms with Crippen molar-refractivity contribution in [3.63, 3.8) is 0 Å². The summed E-state index contributed by atoms with van der Waals surface area (Å²) >= 11 is 0. The fourth-order valence-corrected chi connectivity index (χ4v) is 1.14. The molecule has 0 rings (SSSR count). The van der Waals surface area contributed by atoms with Crippen molar-refractivity contribution in [2.75, 3.05) is 6.61 Å². The van der Waals surface area contributed by atoms with Gasteiger partial charge in [-0.1, -0.05) is 32.6 Å². The predicted octanol–water partition coefficient (Wildman–Crippen LogP) is -0.699. The molecule has 5 heteroatoms. The predicted molar refractivity (Wildman–Crippen MR) is 47.2 cm³/mol. The molecular weight excluding hydrogens is 186 g/mol. The van der Waals surface area contributed by atoms with Crippen LogP contribution in [0.3, 0.4) is 0 Å². The van der Waals surface area contributed by atoms with E-state index in [1.807, 2.05) is 0 Å². The van der Waals surface area contributed by atoms with E-state index in [4.69, 9.17) is 9.79 Å². The Bertz CT molecular complexity index is 88.1. The molecular formula is C7H18NaO3P. The van der Waals surface area contributed by atoms with Gasteiger partial charge in [0.1, 0.15) is 0 Å². The molecule has 12 heavy (non-hydrogen) atoms. The zero-order chi connectivity index (χ0) is 8.53. The maximum atomic E-state index is 8.35. The molecule has 0 aromatic rings. The smallest absolute Gasteiger partial charge is 1.00 e. The van der Waals surface area contributed by atoms with E-state index in [9.17, 15) is 0 Å². The zero-order valence-corrected chi connectivity index (χ0v) is 10.9. The van der Waals surface area contributed by atoms with Crippen molar-refractivity contribution in [3.05, 3.63) is 0 Å². The van der Waals surface area contributed by atoms with Gasteiger partial charge in [0.05, 0.1) is 6.61 Å². The molecule has 0 heterocycles. The van der Waals surface area contributed by atoms with Crippen molar-refractivity contribution < 1.29 is 45.3 Å². The standard InChI is InChI=1S/C7H17O3P.Na.H/c1-2-3-4-5-6-7-10-11(8)9;;/h8-9H,2-7H2,1H3;;/q;+1;-1. The van der Waals surface area contributed by atoms with Gasteiger partial charge in [-0.05, 0) is 6.42 Å². The molecule has 0 saturated heterocycles. The number of hydrogen-bond acceptors (Lipinski definition) is 3. The van der Waals surface area contributed by atoms with Crippen LogP contribution in [0.2, 0.25) is 0 Å². The summed E-state index contributed by atoms with van der Waals surface area (Å²) < 4.78 is 4.60. The Morgan fingerprint density at radius 3 is 2.25 bits per heavy atom. The van der Waals surface area contributed by atoms with E-state index in [2.05, 4.69) is 11.4 Å². The van der Waals surface area contributed by atoms with Crippen LogP contribution in [0.1, 0.15) is 40.5 Å². The Hall–Kier alpha value is 1.31. The maximum absolute atomic E-state index is 8.35. The Labute approximate surface area is 99.3 Å². The molecule has 0 aliphatic rings. The van der Waals surface area contributed by atoms with Gasteiger partial charge in [-0.2, -0.15) is 0 Å². The summed E-state index contributed by atoms with van der Waals surface area (Å²) in [5.74, 6) is 0. The average molecular weight is 204 g/mol. The van der Waals surface area contributed by atoms with E-state index in [1.54, 1.807) is 0 Å². The molecule has 0 saturated carbocycles. The van der Waals surface area contributed by atoms with Crippen LogP contribution in [0.4, 0.5) is 0 Å². The van der Waals surface area contributed by atoms with Crippen LogP contribution >= 0.6 is 8.60 Å². The number of rotatable bonds is 7. The molecule has 0 bridgehead atoms. The topological polar surface area (TPSA) is 49.7 Å². The van der Waals surface area contributed by atoms with Crippen molar-refractivity contribution in [2.45, 2.75) is 39.0 Å². The summed E-state index contributed by atoms with van der Waals surface area (Å²) in [6, 6.07) is 0. The fraction of sp³-hybridized carbons (Fsp3) is 1.00. The second kappa shape index (κ2) is 12.3. The summed E-state index contributed by atoms with van der Waals surface area (Å²) in [7, 11) is -2.12. The van der Waals surface area contributed by atoms with Gasteiger partial charge >= 0.3 is 38.2 Å². The van der Waals surface area contributed by atoms with E-state index in [0.29, 0.717) is 6.61 Å². The first-order chi connectivity index (χ1) is 5.27. The molecule has 0 aromatic carbocycles. The molecule has 3 nitrogen and oxygen atoms in total. The third kappa shape index (κ3) is 13.9. The van der Waals surface area contributed by atoms with E-state index < -0.39 is 8.60 Å². The van der Waals surface area contributed by atoms with Gasteiger partial charge in [0, 0.05) is 0 Å². The Morgan fingerprint density at radius 2 is 1.75 bits per heavy atom. The summed E-state index contributed by atoms with van der Waals surface area (Å²) in [5, 5.41) is 0. The van der Waals surface area contributed by atoms with Crippen LogP contribution in [-0.2, 0) is 4.52 Å². The van der Waals surface area contributed by atoms with Gasteiger partial charge in [-0.25, -0.2) is 0 Å². The minimum atomic E-state index is -2.12. The Morgan fingerprint density at radius 1 is 1.17 bits per heavy atom. The third-order valence-electron chi connectivity index (χ3n) is 1.45. The Kier molecular flexibility index (Phi) is 16.2. The zero-order valence-electron chi connectivity index (χ0n) is 8.99. The van der Waals surface area contributed by atoms with Crippen molar-refractivity contribution in [1.82, 2.24) is 0 Å². The molecule has 0 amide bonds. The number of hydrogen-bond donors (Lipinski definition) is 2. The van der Waals surface area contributed by atoms with Gasteiger partial charge in [0.25, 0.3) is 0 Å². The van der Waals surface area contributed by atoms with Crippen LogP contribution in [0.25, 0.3) is 0 Å². The molecule has 0 aliphatic carbocycles. The van der Waals surface area contributed by atoms with Gasteiger partial charge in [0.15, 0.2) is 0 Å². The van der Waals surface area contributed by atoms with Gasteiger partial charge in [0.2, 0.25) is 0 Å². The minimum Gasteiger partial charge on any atom is -1.00 e. The molecule has 0 atom stereocenters. The molecule has 2 N–H and O–H groups in total. The first kappa shape index (κ1) is 15.8. The van der Waals surface area contributed by atoms with Gasteiger partial charge in [-0.3, -0.25) is 0 Å². The summed E-state index contributed by atoms with van der Waals surface area (Å²) in [5.41, 5.74) is 0. The maximum Gasteiger partial charge on any atom is 1.00 e. The minimum absolute atomic E-state index is 0. The Balaban J connectivity index is -0.000000500. The van der Waals surface area contributed by atoms with E-state index in [0.717, 1.165) is 12.8 Å². The van der Waals surface area contributed by atoms with E-state index >= 15 is 0 Å². The summed E-state index contributed by atoms with van der Waals surface area (Å²) in [6.07, 6.45) is 5.76. The largest absolute Gasteiger partial charge is 1.00 e. The molecule has 0 aromatic heterocycles. The SMILES string of the molecule is CCCCCCCOP(O)O.[H-].[Na+].